The van der Waals surface area contributed by atoms with Crippen molar-refractivity contribution >= 4 is 17.4 Å². The molecule has 0 saturated carbocycles. The Hall–Kier alpha value is -2.96. The summed E-state index contributed by atoms with van der Waals surface area (Å²) in [6, 6.07) is 5.90. The van der Waals surface area contributed by atoms with Crippen LogP contribution in [0.25, 0.3) is 5.65 Å². The van der Waals surface area contributed by atoms with Gasteiger partial charge in [-0.2, -0.15) is 5.10 Å². The summed E-state index contributed by atoms with van der Waals surface area (Å²) in [6.45, 7) is 8.91. The maximum absolute atomic E-state index is 13.4. The van der Waals surface area contributed by atoms with Gasteiger partial charge in [-0.15, -0.1) is 0 Å². The van der Waals surface area contributed by atoms with E-state index in [0.29, 0.717) is 5.69 Å². The van der Waals surface area contributed by atoms with E-state index in [0.717, 1.165) is 72.9 Å². The summed E-state index contributed by atoms with van der Waals surface area (Å²) in [5.74, 6) is 1.06. The van der Waals surface area contributed by atoms with Gasteiger partial charge in [0, 0.05) is 43.2 Å². The predicted octanol–water partition coefficient (Wildman–Crippen LogP) is 4.02. The fraction of sp³-hybridized carbons (Fsp3) is 0.500. The first-order valence-electron chi connectivity index (χ1n) is 11.4. The van der Waals surface area contributed by atoms with Crippen LogP contribution in [0.5, 0.6) is 0 Å². The zero-order valence-corrected chi connectivity index (χ0v) is 18.6. The van der Waals surface area contributed by atoms with Gasteiger partial charge in [-0.1, -0.05) is 0 Å². The fourth-order valence-electron chi connectivity index (χ4n) is 5.01. The molecule has 0 bridgehead atoms. The Bertz CT molecular complexity index is 1110. The molecule has 3 aromatic rings. The Kier molecular flexibility index (Phi) is 5.12. The number of aryl methyl sites for hydroxylation is 3. The predicted molar refractivity (Wildman–Crippen MR) is 121 cm³/mol. The van der Waals surface area contributed by atoms with Crippen molar-refractivity contribution in [3.8, 4) is 0 Å². The molecule has 0 aliphatic carbocycles. The number of fused-ring (bicyclic) bond motifs is 1. The maximum atomic E-state index is 13.4. The van der Waals surface area contributed by atoms with Crippen LogP contribution in [0.4, 0.5) is 5.82 Å². The first-order valence-corrected chi connectivity index (χ1v) is 11.4. The van der Waals surface area contributed by atoms with Crippen LogP contribution in [0.1, 0.15) is 71.1 Å². The summed E-state index contributed by atoms with van der Waals surface area (Å²) in [4.78, 5) is 27.2. The van der Waals surface area contributed by atoms with Gasteiger partial charge in [-0.3, -0.25) is 4.79 Å². The molecule has 2 saturated heterocycles. The Balaban J connectivity index is 1.48. The molecule has 2 aliphatic rings. The third-order valence-corrected chi connectivity index (χ3v) is 6.45. The minimum atomic E-state index is -0.0406. The lowest BCUT2D eigenvalue weighted by Gasteiger charge is -2.34. The molecule has 7 heteroatoms. The number of rotatable bonds is 3. The lowest BCUT2D eigenvalue weighted by Crippen LogP contribution is -2.39. The molecule has 31 heavy (non-hydrogen) atoms. The quantitative estimate of drug-likeness (QED) is 0.643. The highest BCUT2D eigenvalue weighted by atomic mass is 16.2. The summed E-state index contributed by atoms with van der Waals surface area (Å²) in [7, 11) is 0. The van der Waals surface area contributed by atoms with E-state index in [2.05, 4.69) is 29.1 Å². The number of nitrogens with zero attached hydrogens (tertiary/aromatic N) is 6. The molecule has 0 spiro atoms. The molecule has 5 rings (SSSR count). The average molecular weight is 419 g/mol. The molecule has 2 fully saturated rings. The van der Waals surface area contributed by atoms with E-state index in [1.165, 1.54) is 12.8 Å². The van der Waals surface area contributed by atoms with Gasteiger partial charge in [0.05, 0.1) is 11.7 Å². The first-order chi connectivity index (χ1) is 15.0. The van der Waals surface area contributed by atoms with Crippen molar-refractivity contribution in [3.05, 3.63) is 52.6 Å². The van der Waals surface area contributed by atoms with Crippen LogP contribution in [0.3, 0.4) is 0 Å². The average Bonchev–Trinajstić information content (AvgIpc) is 3.41. The first kappa shape index (κ1) is 20.0. The monoisotopic (exact) mass is 418 g/mol. The van der Waals surface area contributed by atoms with Crippen molar-refractivity contribution in [2.24, 2.45) is 0 Å². The van der Waals surface area contributed by atoms with E-state index in [-0.39, 0.29) is 11.9 Å². The number of pyridine rings is 1. The minimum Gasteiger partial charge on any atom is -0.356 e. The fourth-order valence-corrected chi connectivity index (χ4v) is 5.01. The van der Waals surface area contributed by atoms with Crippen LogP contribution in [-0.4, -0.2) is 50.0 Å². The highest BCUT2D eigenvalue weighted by Gasteiger charge is 2.31. The Morgan fingerprint density at radius 3 is 2.52 bits per heavy atom. The molecule has 0 radical (unpaired) electrons. The van der Waals surface area contributed by atoms with Crippen LogP contribution in [0.15, 0.2) is 24.4 Å². The second-order valence-electron chi connectivity index (χ2n) is 8.99. The number of anilines is 1. The molecule has 0 unspecified atom stereocenters. The summed E-state index contributed by atoms with van der Waals surface area (Å²) in [5.41, 5.74) is 5.37. The maximum Gasteiger partial charge on any atom is 0.273 e. The molecule has 2 aliphatic heterocycles. The summed E-state index contributed by atoms with van der Waals surface area (Å²) >= 11 is 0. The van der Waals surface area contributed by atoms with E-state index in [1.807, 2.05) is 35.4 Å². The third-order valence-electron chi connectivity index (χ3n) is 6.45. The van der Waals surface area contributed by atoms with Gasteiger partial charge in [-0.25, -0.2) is 14.5 Å². The van der Waals surface area contributed by atoms with Gasteiger partial charge in [-0.05, 0) is 70.6 Å². The van der Waals surface area contributed by atoms with Crippen LogP contribution in [0, 0.1) is 20.8 Å². The van der Waals surface area contributed by atoms with E-state index in [4.69, 9.17) is 10.1 Å². The number of likely N-dealkylation sites (tertiary alicyclic amines) is 1. The van der Waals surface area contributed by atoms with Crippen molar-refractivity contribution in [3.63, 3.8) is 0 Å². The molecule has 7 nitrogen and oxygen atoms in total. The van der Waals surface area contributed by atoms with Crippen LogP contribution in [0.2, 0.25) is 0 Å². The molecule has 0 aromatic carbocycles. The lowest BCUT2D eigenvalue weighted by atomic mass is 9.98. The Labute approximate surface area is 183 Å². The Morgan fingerprint density at radius 1 is 0.968 bits per heavy atom. The summed E-state index contributed by atoms with van der Waals surface area (Å²) in [6.07, 6.45) is 7.54. The van der Waals surface area contributed by atoms with Gasteiger partial charge in [0.1, 0.15) is 11.5 Å². The van der Waals surface area contributed by atoms with Crippen LogP contribution in [-0.2, 0) is 0 Å². The molecule has 5 heterocycles. The number of carbonyl (C=O) groups is 1. The smallest absolute Gasteiger partial charge is 0.273 e. The molecule has 1 atom stereocenters. The van der Waals surface area contributed by atoms with Crippen molar-refractivity contribution < 1.29 is 4.79 Å². The number of hydrogen-bond acceptors (Lipinski definition) is 5. The summed E-state index contributed by atoms with van der Waals surface area (Å²) < 4.78 is 1.87. The highest BCUT2D eigenvalue weighted by Crippen LogP contribution is 2.32. The molecule has 1 amide bonds. The number of carbonyl (C=O) groups excluding carboxylic acids is 1. The topological polar surface area (TPSA) is 66.6 Å². The minimum absolute atomic E-state index is 0.00421. The number of hydrogen-bond donors (Lipinski definition) is 0. The molecular formula is C24H30N6O. The Morgan fingerprint density at radius 2 is 1.74 bits per heavy atom. The zero-order chi connectivity index (χ0) is 21.5. The van der Waals surface area contributed by atoms with Gasteiger partial charge < -0.3 is 9.80 Å². The van der Waals surface area contributed by atoms with Crippen molar-refractivity contribution in [1.82, 2.24) is 24.5 Å². The highest BCUT2D eigenvalue weighted by molar-refractivity contribution is 5.93. The second kappa shape index (κ2) is 7.94. The van der Waals surface area contributed by atoms with E-state index >= 15 is 0 Å². The SMILES string of the molecule is Cc1cc(C)nc(C(=O)N2CCCC[C@H]2c2cc3nc(N4CCCC4)c(C)cn3n2)c1. The molecular weight excluding hydrogens is 388 g/mol. The third kappa shape index (κ3) is 3.77. The summed E-state index contributed by atoms with van der Waals surface area (Å²) in [5, 5.41) is 4.85. The van der Waals surface area contributed by atoms with Crippen molar-refractivity contribution in [1.29, 1.82) is 0 Å². The molecule has 3 aromatic heterocycles. The van der Waals surface area contributed by atoms with Crippen LogP contribution < -0.4 is 4.90 Å². The van der Waals surface area contributed by atoms with Gasteiger partial charge in [0.15, 0.2) is 5.65 Å². The normalized spacial score (nSPS) is 19.4. The van der Waals surface area contributed by atoms with E-state index in [1.54, 1.807) is 0 Å². The molecule has 0 N–H and O–H groups in total. The van der Waals surface area contributed by atoms with Gasteiger partial charge in [0.2, 0.25) is 0 Å². The standard InChI is InChI=1S/C24H30N6O/c1-16-12-18(3)25-20(13-16)24(31)29-11-5-4-8-21(29)19-14-22-26-23(28-9-6-7-10-28)17(2)15-30(22)27-19/h12-15,21H,4-11H2,1-3H3/t21-/m0/s1. The van der Waals surface area contributed by atoms with Gasteiger partial charge >= 0.3 is 0 Å². The second-order valence-corrected chi connectivity index (χ2v) is 8.99. The van der Waals surface area contributed by atoms with E-state index < -0.39 is 0 Å². The largest absolute Gasteiger partial charge is 0.356 e. The number of aromatic nitrogens is 4. The number of amides is 1. The van der Waals surface area contributed by atoms with E-state index in [9.17, 15) is 4.79 Å². The van der Waals surface area contributed by atoms with Crippen molar-refractivity contribution in [2.75, 3.05) is 24.5 Å². The van der Waals surface area contributed by atoms with Gasteiger partial charge in [0.25, 0.3) is 5.91 Å². The lowest BCUT2D eigenvalue weighted by molar-refractivity contribution is 0.0599. The number of piperidine rings is 1. The van der Waals surface area contributed by atoms with Crippen molar-refractivity contribution in [2.45, 2.75) is 58.9 Å². The molecule has 162 valence electrons. The van der Waals surface area contributed by atoms with Crippen LogP contribution >= 0.6 is 0 Å². The zero-order valence-electron chi connectivity index (χ0n) is 18.6.